The Morgan fingerprint density at radius 2 is 2.67 bits per heavy atom. The van der Waals surface area contributed by atoms with Gasteiger partial charge in [0, 0.05) is 18.5 Å². The van der Waals surface area contributed by atoms with E-state index in [9.17, 15) is 4.79 Å². The quantitative estimate of drug-likeness (QED) is 0.772. The molecule has 1 aromatic rings. The first-order valence-corrected chi connectivity index (χ1v) is 5.65. The van der Waals surface area contributed by atoms with Gasteiger partial charge >= 0.3 is 0 Å². The van der Waals surface area contributed by atoms with Gasteiger partial charge in [-0.2, -0.15) is 0 Å². The van der Waals surface area contributed by atoms with E-state index >= 15 is 0 Å². The average molecular weight is 228 g/mol. The molecule has 5 nitrogen and oxygen atoms in total. The lowest BCUT2D eigenvalue weighted by Gasteiger charge is -2.31. The minimum Gasteiger partial charge on any atom is -0.394 e. The fourth-order valence-electron chi connectivity index (χ4n) is 1.49. The summed E-state index contributed by atoms with van der Waals surface area (Å²) in [5.74, 6) is -0.0852. The van der Waals surface area contributed by atoms with Gasteiger partial charge in [0.05, 0.1) is 24.8 Å². The highest BCUT2D eigenvalue weighted by Gasteiger charge is 2.25. The Balaban J connectivity index is 2.01. The molecule has 1 amide bonds. The molecule has 1 aromatic heterocycles. The molecule has 1 atom stereocenters. The van der Waals surface area contributed by atoms with Crippen LogP contribution in [0.5, 0.6) is 0 Å². The summed E-state index contributed by atoms with van der Waals surface area (Å²) in [5, 5.41) is 10.7. The number of hydrogen-bond acceptors (Lipinski definition) is 5. The van der Waals surface area contributed by atoms with E-state index in [4.69, 9.17) is 9.84 Å². The van der Waals surface area contributed by atoms with Crippen LogP contribution in [0.25, 0.3) is 0 Å². The first-order valence-electron chi connectivity index (χ1n) is 4.71. The van der Waals surface area contributed by atoms with Gasteiger partial charge in [0.2, 0.25) is 0 Å². The molecule has 2 rings (SSSR count). The Kier molecular flexibility index (Phi) is 3.30. The van der Waals surface area contributed by atoms with Crippen molar-refractivity contribution in [2.24, 2.45) is 0 Å². The zero-order valence-corrected chi connectivity index (χ0v) is 8.94. The van der Waals surface area contributed by atoms with Crippen molar-refractivity contribution in [3.05, 3.63) is 16.6 Å². The summed E-state index contributed by atoms with van der Waals surface area (Å²) in [6.45, 7) is 1.42. The number of hydrogen-bond donors (Lipinski definition) is 1. The lowest BCUT2D eigenvalue weighted by atomic mass is 10.2. The lowest BCUT2D eigenvalue weighted by molar-refractivity contribution is -0.0448. The van der Waals surface area contributed by atoms with Crippen LogP contribution in [0.2, 0.25) is 0 Å². The second kappa shape index (κ2) is 4.69. The van der Waals surface area contributed by atoms with Crippen molar-refractivity contribution in [3.8, 4) is 0 Å². The summed E-state index contributed by atoms with van der Waals surface area (Å²) >= 11 is 1.40. The summed E-state index contributed by atoms with van der Waals surface area (Å²) in [7, 11) is 0. The highest BCUT2D eigenvalue weighted by molar-refractivity contribution is 7.07. The standard InChI is InChI=1S/C9H12N2O3S/c12-4-7-3-11(1-2-14-7)9(13)8-5-15-6-10-8/h5-7,12H,1-4H2. The summed E-state index contributed by atoms with van der Waals surface area (Å²) < 4.78 is 5.26. The second-order valence-corrected chi connectivity index (χ2v) is 4.02. The predicted molar refractivity (Wildman–Crippen MR) is 54.8 cm³/mol. The molecule has 1 N–H and O–H groups in total. The molecule has 2 heterocycles. The van der Waals surface area contributed by atoms with Crippen LogP contribution in [0.3, 0.4) is 0 Å². The molecule has 0 saturated carbocycles. The molecule has 1 aliphatic heterocycles. The third-order valence-corrected chi connectivity index (χ3v) is 2.87. The number of aliphatic hydroxyl groups is 1. The summed E-state index contributed by atoms with van der Waals surface area (Å²) in [4.78, 5) is 17.5. The van der Waals surface area contributed by atoms with Crippen LogP contribution in [-0.2, 0) is 4.74 Å². The van der Waals surface area contributed by atoms with Crippen molar-refractivity contribution in [1.82, 2.24) is 9.88 Å². The van der Waals surface area contributed by atoms with E-state index in [0.29, 0.717) is 25.4 Å². The molecular formula is C9H12N2O3S. The van der Waals surface area contributed by atoms with Crippen LogP contribution in [0.15, 0.2) is 10.9 Å². The molecule has 0 aromatic carbocycles. The monoisotopic (exact) mass is 228 g/mol. The van der Waals surface area contributed by atoms with Gasteiger partial charge in [-0.05, 0) is 0 Å². The Morgan fingerprint density at radius 3 is 3.33 bits per heavy atom. The highest BCUT2D eigenvalue weighted by Crippen LogP contribution is 2.10. The number of carbonyl (C=O) groups excluding carboxylic acids is 1. The molecule has 0 radical (unpaired) electrons. The van der Waals surface area contributed by atoms with E-state index in [1.54, 1.807) is 15.8 Å². The van der Waals surface area contributed by atoms with Crippen LogP contribution in [0.4, 0.5) is 0 Å². The maximum atomic E-state index is 11.9. The van der Waals surface area contributed by atoms with Crippen molar-refractivity contribution in [1.29, 1.82) is 0 Å². The van der Waals surface area contributed by atoms with Gasteiger partial charge in [-0.25, -0.2) is 4.98 Å². The SMILES string of the molecule is O=C(c1cscn1)N1CCOC(CO)C1. The van der Waals surface area contributed by atoms with Crippen LogP contribution in [0.1, 0.15) is 10.5 Å². The fraction of sp³-hybridized carbons (Fsp3) is 0.556. The summed E-state index contributed by atoms with van der Waals surface area (Å²) in [6.07, 6.45) is -0.263. The number of aliphatic hydroxyl groups excluding tert-OH is 1. The smallest absolute Gasteiger partial charge is 0.273 e. The van der Waals surface area contributed by atoms with Crippen LogP contribution in [-0.4, -0.2) is 53.3 Å². The Hall–Kier alpha value is -0.980. The van der Waals surface area contributed by atoms with E-state index < -0.39 is 0 Å². The number of thiazole rings is 1. The molecule has 15 heavy (non-hydrogen) atoms. The van der Waals surface area contributed by atoms with Crippen LogP contribution >= 0.6 is 11.3 Å². The molecular weight excluding hydrogens is 216 g/mol. The molecule has 0 bridgehead atoms. The minimum atomic E-state index is -0.263. The van der Waals surface area contributed by atoms with Crippen molar-refractivity contribution >= 4 is 17.2 Å². The molecule has 0 spiro atoms. The van der Waals surface area contributed by atoms with Gasteiger partial charge in [0.25, 0.3) is 5.91 Å². The first kappa shape index (κ1) is 10.5. The zero-order valence-electron chi connectivity index (χ0n) is 8.13. The predicted octanol–water partition coefficient (Wildman–Crippen LogP) is -0.0236. The van der Waals surface area contributed by atoms with Gasteiger partial charge in [-0.15, -0.1) is 11.3 Å². The lowest BCUT2D eigenvalue weighted by Crippen LogP contribution is -2.47. The summed E-state index contributed by atoms with van der Waals surface area (Å²) in [6, 6.07) is 0. The topological polar surface area (TPSA) is 62.7 Å². The van der Waals surface area contributed by atoms with Gasteiger partial charge in [0.15, 0.2) is 0 Å². The summed E-state index contributed by atoms with van der Waals surface area (Å²) in [5.41, 5.74) is 2.11. The maximum Gasteiger partial charge on any atom is 0.273 e. The third-order valence-electron chi connectivity index (χ3n) is 2.28. The average Bonchev–Trinajstić information content (AvgIpc) is 2.81. The Morgan fingerprint density at radius 1 is 1.80 bits per heavy atom. The molecule has 82 valence electrons. The Labute approximate surface area is 91.3 Å². The number of amides is 1. The molecule has 1 fully saturated rings. The van der Waals surface area contributed by atoms with E-state index in [0.717, 1.165) is 0 Å². The van der Waals surface area contributed by atoms with E-state index in [1.807, 2.05) is 0 Å². The van der Waals surface area contributed by atoms with Crippen LogP contribution in [0, 0.1) is 0 Å². The van der Waals surface area contributed by atoms with E-state index in [-0.39, 0.29) is 18.6 Å². The minimum absolute atomic E-state index is 0.0547. The number of aromatic nitrogens is 1. The largest absolute Gasteiger partial charge is 0.394 e. The Bertz CT molecular complexity index is 328. The molecule has 0 aliphatic carbocycles. The number of ether oxygens (including phenoxy) is 1. The normalized spacial score (nSPS) is 21.7. The number of morpholine rings is 1. The van der Waals surface area contributed by atoms with Crippen molar-refractivity contribution in [2.45, 2.75) is 6.10 Å². The second-order valence-electron chi connectivity index (χ2n) is 3.30. The molecule has 6 heteroatoms. The highest BCUT2D eigenvalue weighted by atomic mass is 32.1. The first-order chi connectivity index (χ1) is 7.31. The number of nitrogens with zero attached hydrogens (tertiary/aromatic N) is 2. The number of rotatable bonds is 2. The van der Waals surface area contributed by atoms with Crippen LogP contribution < -0.4 is 0 Å². The molecule has 1 unspecified atom stereocenters. The van der Waals surface area contributed by atoms with Crippen molar-refractivity contribution in [3.63, 3.8) is 0 Å². The van der Waals surface area contributed by atoms with Gasteiger partial charge < -0.3 is 14.7 Å². The third kappa shape index (κ3) is 2.34. The van der Waals surface area contributed by atoms with Gasteiger partial charge in [0.1, 0.15) is 5.69 Å². The fourth-order valence-corrected chi connectivity index (χ4v) is 2.02. The maximum absolute atomic E-state index is 11.9. The van der Waals surface area contributed by atoms with Crippen molar-refractivity contribution < 1.29 is 14.6 Å². The number of carbonyl (C=O) groups is 1. The molecule has 1 saturated heterocycles. The van der Waals surface area contributed by atoms with Crippen molar-refractivity contribution in [2.75, 3.05) is 26.3 Å². The zero-order chi connectivity index (χ0) is 10.7. The van der Waals surface area contributed by atoms with E-state index in [1.165, 1.54) is 11.3 Å². The van der Waals surface area contributed by atoms with Gasteiger partial charge in [-0.3, -0.25) is 4.79 Å². The van der Waals surface area contributed by atoms with E-state index in [2.05, 4.69) is 4.98 Å². The van der Waals surface area contributed by atoms with Gasteiger partial charge in [-0.1, -0.05) is 0 Å². The molecule has 1 aliphatic rings.